The summed E-state index contributed by atoms with van der Waals surface area (Å²) in [5.41, 5.74) is 1.68. The lowest BCUT2D eigenvalue weighted by Gasteiger charge is -2.32. The number of carboxylic acids is 1. The van der Waals surface area contributed by atoms with Crippen LogP contribution in [0.3, 0.4) is 0 Å². The van der Waals surface area contributed by atoms with Gasteiger partial charge in [0.2, 0.25) is 0 Å². The lowest BCUT2D eigenvalue weighted by atomic mass is 9.85. The van der Waals surface area contributed by atoms with Crippen LogP contribution in [0.2, 0.25) is 5.02 Å². The number of aromatic nitrogens is 1. The molecule has 6 heteroatoms. The summed E-state index contributed by atoms with van der Waals surface area (Å²) in [4.78, 5) is 13.8. The molecule has 3 atom stereocenters. The number of nitrogens with zero attached hydrogens (tertiary/aromatic N) is 2. The van der Waals surface area contributed by atoms with Crippen molar-refractivity contribution >= 4 is 17.6 Å². The van der Waals surface area contributed by atoms with E-state index in [2.05, 4.69) is 10.1 Å². The second-order valence-corrected chi connectivity index (χ2v) is 7.50. The lowest BCUT2D eigenvalue weighted by molar-refractivity contribution is -0.143. The van der Waals surface area contributed by atoms with Crippen LogP contribution in [0.4, 0.5) is 0 Å². The normalized spacial score (nSPS) is 26.5. The summed E-state index contributed by atoms with van der Waals surface area (Å²) in [6, 6.07) is 9.26. The number of likely N-dealkylation sites (tertiary alicyclic amines) is 1. The van der Waals surface area contributed by atoms with Crippen LogP contribution in [-0.4, -0.2) is 33.2 Å². The molecular formula is C19H21ClN2O3. The van der Waals surface area contributed by atoms with Gasteiger partial charge in [0.15, 0.2) is 5.76 Å². The highest BCUT2D eigenvalue weighted by Crippen LogP contribution is 2.40. The van der Waals surface area contributed by atoms with Crippen molar-refractivity contribution in [3.05, 3.63) is 41.1 Å². The van der Waals surface area contributed by atoms with Crippen LogP contribution < -0.4 is 0 Å². The Hall–Kier alpha value is -1.85. The molecule has 132 valence electrons. The van der Waals surface area contributed by atoms with Crippen molar-refractivity contribution in [2.45, 2.75) is 50.7 Å². The third kappa shape index (κ3) is 3.31. The molecule has 25 heavy (non-hydrogen) atoms. The Morgan fingerprint density at radius 1 is 1.28 bits per heavy atom. The second kappa shape index (κ2) is 6.81. The zero-order valence-electron chi connectivity index (χ0n) is 13.9. The SMILES string of the molecule is O=C(O)C1CC2CCCCC2N1Cc1cc(-c2ccc(Cl)cc2)no1. The number of aliphatic carboxylic acids is 1. The monoisotopic (exact) mass is 360 g/mol. The number of hydrogen-bond donors (Lipinski definition) is 1. The Bertz CT molecular complexity index is 758. The Balaban J connectivity index is 1.54. The average Bonchev–Trinajstić information content (AvgIpc) is 3.21. The van der Waals surface area contributed by atoms with E-state index in [1.54, 1.807) is 0 Å². The van der Waals surface area contributed by atoms with Crippen LogP contribution >= 0.6 is 11.6 Å². The van der Waals surface area contributed by atoms with Gasteiger partial charge in [-0.25, -0.2) is 0 Å². The maximum atomic E-state index is 11.7. The van der Waals surface area contributed by atoms with Gasteiger partial charge in [0, 0.05) is 22.7 Å². The van der Waals surface area contributed by atoms with Gasteiger partial charge in [0.05, 0.1) is 6.54 Å². The number of fused-ring (bicyclic) bond motifs is 1. The fraction of sp³-hybridized carbons (Fsp3) is 0.474. The van der Waals surface area contributed by atoms with Crippen molar-refractivity contribution in [2.75, 3.05) is 0 Å². The fourth-order valence-electron chi connectivity index (χ4n) is 4.35. The van der Waals surface area contributed by atoms with Crippen molar-refractivity contribution in [1.29, 1.82) is 0 Å². The van der Waals surface area contributed by atoms with Gasteiger partial charge in [0.25, 0.3) is 0 Å². The number of carboxylic acid groups (broad SMARTS) is 1. The molecule has 0 radical (unpaired) electrons. The van der Waals surface area contributed by atoms with Crippen LogP contribution in [0.1, 0.15) is 37.9 Å². The number of rotatable bonds is 4. The molecule has 0 bridgehead atoms. The van der Waals surface area contributed by atoms with E-state index in [0.717, 1.165) is 30.5 Å². The van der Waals surface area contributed by atoms with Crippen LogP contribution in [0.5, 0.6) is 0 Å². The number of carbonyl (C=O) groups is 1. The summed E-state index contributed by atoms with van der Waals surface area (Å²) in [6.45, 7) is 0.499. The smallest absolute Gasteiger partial charge is 0.320 e. The van der Waals surface area contributed by atoms with Crippen molar-refractivity contribution in [2.24, 2.45) is 5.92 Å². The minimum absolute atomic E-state index is 0.346. The van der Waals surface area contributed by atoms with Gasteiger partial charge in [-0.2, -0.15) is 0 Å². The third-order valence-corrected chi connectivity index (χ3v) is 5.80. The maximum absolute atomic E-state index is 11.7. The topological polar surface area (TPSA) is 66.6 Å². The van der Waals surface area contributed by atoms with E-state index in [-0.39, 0.29) is 0 Å². The molecule has 2 aromatic rings. The average molecular weight is 361 g/mol. The van der Waals surface area contributed by atoms with E-state index in [1.807, 2.05) is 30.3 Å². The molecule has 1 aromatic heterocycles. The molecule has 3 unspecified atom stereocenters. The molecule has 1 saturated carbocycles. The molecule has 4 rings (SSSR count). The van der Waals surface area contributed by atoms with E-state index >= 15 is 0 Å². The van der Waals surface area contributed by atoms with Gasteiger partial charge >= 0.3 is 5.97 Å². The summed E-state index contributed by atoms with van der Waals surface area (Å²) >= 11 is 5.92. The molecular weight excluding hydrogens is 340 g/mol. The highest BCUT2D eigenvalue weighted by atomic mass is 35.5. The van der Waals surface area contributed by atoms with Crippen molar-refractivity contribution in [1.82, 2.24) is 10.1 Å². The van der Waals surface area contributed by atoms with Crippen molar-refractivity contribution < 1.29 is 14.4 Å². The Morgan fingerprint density at radius 2 is 2.04 bits per heavy atom. The van der Waals surface area contributed by atoms with Crippen LogP contribution in [0.25, 0.3) is 11.3 Å². The summed E-state index contributed by atoms with van der Waals surface area (Å²) in [5, 5.41) is 14.4. The van der Waals surface area contributed by atoms with Gasteiger partial charge in [-0.1, -0.05) is 41.7 Å². The number of hydrogen-bond acceptors (Lipinski definition) is 4. The predicted molar refractivity (Wildman–Crippen MR) is 94.3 cm³/mol. The molecule has 2 heterocycles. The Morgan fingerprint density at radius 3 is 2.80 bits per heavy atom. The third-order valence-electron chi connectivity index (χ3n) is 5.54. The molecule has 2 aliphatic rings. The van der Waals surface area contributed by atoms with E-state index in [1.165, 1.54) is 12.8 Å². The minimum atomic E-state index is -0.730. The summed E-state index contributed by atoms with van der Waals surface area (Å²) in [6.07, 6.45) is 5.35. The molecule has 1 N–H and O–H groups in total. The summed E-state index contributed by atoms with van der Waals surface area (Å²) in [5.74, 6) is 0.475. The van der Waals surface area contributed by atoms with Gasteiger partial charge in [-0.05, 0) is 37.3 Å². The maximum Gasteiger partial charge on any atom is 0.320 e. The Kier molecular flexibility index (Phi) is 4.52. The molecule has 1 aromatic carbocycles. The number of halogens is 1. The minimum Gasteiger partial charge on any atom is -0.480 e. The van der Waals surface area contributed by atoms with Crippen LogP contribution in [0.15, 0.2) is 34.9 Å². The fourth-order valence-corrected chi connectivity index (χ4v) is 4.47. The van der Waals surface area contributed by atoms with Crippen molar-refractivity contribution in [3.63, 3.8) is 0 Å². The lowest BCUT2D eigenvalue weighted by Crippen LogP contribution is -2.41. The largest absolute Gasteiger partial charge is 0.480 e. The van der Waals surface area contributed by atoms with E-state index in [0.29, 0.717) is 29.3 Å². The molecule has 0 spiro atoms. The second-order valence-electron chi connectivity index (χ2n) is 7.06. The van der Waals surface area contributed by atoms with Gasteiger partial charge in [-0.3, -0.25) is 9.69 Å². The van der Waals surface area contributed by atoms with Gasteiger partial charge < -0.3 is 9.63 Å². The van der Waals surface area contributed by atoms with E-state index in [4.69, 9.17) is 16.1 Å². The Labute approximate surface area is 151 Å². The molecule has 1 aliphatic carbocycles. The quantitative estimate of drug-likeness (QED) is 0.884. The first-order valence-electron chi connectivity index (χ1n) is 8.82. The summed E-state index contributed by atoms with van der Waals surface area (Å²) in [7, 11) is 0. The highest BCUT2D eigenvalue weighted by Gasteiger charge is 2.45. The first-order chi connectivity index (χ1) is 12.1. The summed E-state index contributed by atoms with van der Waals surface area (Å²) < 4.78 is 5.50. The van der Waals surface area contributed by atoms with Crippen LogP contribution in [-0.2, 0) is 11.3 Å². The molecule has 5 nitrogen and oxygen atoms in total. The first kappa shape index (κ1) is 16.6. The number of benzene rings is 1. The van der Waals surface area contributed by atoms with E-state index < -0.39 is 12.0 Å². The molecule has 2 fully saturated rings. The van der Waals surface area contributed by atoms with Crippen LogP contribution in [0, 0.1) is 5.92 Å². The molecule has 1 saturated heterocycles. The van der Waals surface area contributed by atoms with Gasteiger partial charge in [0.1, 0.15) is 11.7 Å². The zero-order valence-corrected chi connectivity index (χ0v) is 14.7. The predicted octanol–water partition coefficient (Wildman–Crippen LogP) is 4.21. The zero-order chi connectivity index (χ0) is 17.4. The molecule has 0 amide bonds. The standard InChI is InChI=1S/C19H21ClN2O3/c20-14-7-5-12(6-8-14)16-10-15(25-21-16)11-22-17-4-2-1-3-13(17)9-18(22)19(23)24/h5-8,10,13,17-18H,1-4,9,11H2,(H,23,24). The van der Waals surface area contributed by atoms with Gasteiger partial charge in [-0.15, -0.1) is 0 Å². The van der Waals surface area contributed by atoms with E-state index in [9.17, 15) is 9.90 Å². The highest BCUT2D eigenvalue weighted by molar-refractivity contribution is 6.30. The first-order valence-corrected chi connectivity index (χ1v) is 9.19. The van der Waals surface area contributed by atoms with Crippen molar-refractivity contribution in [3.8, 4) is 11.3 Å². The molecule has 1 aliphatic heterocycles.